The highest BCUT2D eigenvalue weighted by atomic mass is 19.1. The minimum atomic E-state index is -0.978. The number of halogens is 1. The van der Waals surface area contributed by atoms with Crippen molar-refractivity contribution < 1.29 is 18.7 Å². The predicted octanol–water partition coefficient (Wildman–Crippen LogP) is 0.415. The first kappa shape index (κ1) is 13.9. The van der Waals surface area contributed by atoms with Crippen molar-refractivity contribution in [2.24, 2.45) is 11.7 Å². The van der Waals surface area contributed by atoms with Gasteiger partial charge in [-0.15, -0.1) is 0 Å². The van der Waals surface area contributed by atoms with Crippen molar-refractivity contribution in [2.75, 3.05) is 0 Å². The number of imide groups is 1. The number of nitrogens with one attached hydrogen (secondary N) is 2. The monoisotopic (exact) mass is 302 g/mol. The van der Waals surface area contributed by atoms with Gasteiger partial charge < -0.3 is 15.8 Å². The van der Waals surface area contributed by atoms with Crippen LogP contribution in [0.5, 0.6) is 0 Å². The Kier molecular flexibility index (Phi) is 3.18. The van der Waals surface area contributed by atoms with E-state index in [9.17, 15) is 19.2 Å². The van der Waals surface area contributed by atoms with Gasteiger partial charge in [-0.25, -0.2) is 9.18 Å². The Morgan fingerprint density at radius 3 is 2.59 bits per heavy atom. The smallest absolute Gasteiger partial charge is 0.324 e. The number of nitrogens with zero attached hydrogens (tertiary/aromatic N) is 1. The molecule has 0 aliphatic carbocycles. The van der Waals surface area contributed by atoms with Crippen molar-refractivity contribution >= 4 is 11.9 Å². The number of rotatable bonds is 1. The van der Waals surface area contributed by atoms with Gasteiger partial charge in [0, 0.05) is 5.92 Å². The molecule has 1 aromatic carbocycles. The van der Waals surface area contributed by atoms with Crippen LogP contribution in [-0.2, 0) is 9.53 Å². The lowest BCUT2D eigenvalue weighted by Crippen LogP contribution is -2.62. The van der Waals surface area contributed by atoms with Gasteiger partial charge in [-0.1, -0.05) is 12.1 Å². The van der Waals surface area contributed by atoms with Gasteiger partial charge in [0.15, 0.2) is 6.23 Å². The summed E-state index contributed by atoms with van der Waals surface area (Å²) >= 11 is 0. The normalized spacial score (nSPS) is 27.2. The zero-order valence-corrected chi connectivity index (χ0v) is 11.2. The maximum absolute atomic E-state index is 13.1. The summed E-state index contributed by atoms with van der Waals surface area (Å²) in [6.45, 7) is 0. The number of nitriles is 1. The van der Waals surface area contributed by atoms with E-state index in [1.165, 1.54) is 24.3 Å². The molecule has 3 atom stereocenters. The van der Waals surface area contributed by atoms with Crippen molar-refractivity contribution in [1.82, 2.24) is 10.6 Å². The molecule has 0 spiro atoms. The van der Waals surface area contributed by atoms with Crippen molar-refractivity contribution in [3.05, 3.63) is 47.1 Å². The van der Waals surface area contributed by atoms with Crippen LogP contribution in [0.15, 0.2) is 35.7 Å². The molecule has 3 unspecified atom stereocenters. The zero-order chi connectivity index (χ0) is 15.9. The van der Waals surface area contributed by atoms with Crippen LogP contribution >= 0.6 is 0 Å². The van der Waals surface area contributed by atoms with Crippen LogP contribution < -0.4 is 16.4 Å². The highest BCUT2D eigenvalue weighted by Gasteiger charge is 2.48. The van der Waals surface area contributed by atoms with Crippen molar-refractivity contribution in [3.8, 4) is 6.07 Å². The Balaban J connectivity index is 2.11. The van der Waals surface area contributed by atoms with Crippen LogP contribution in [0.4, 0.5) is 9.18 Å². The van der Waals surface area contributed by atoms with Gasteiger partial charge in [0.2, 0.25) is 11.8 Å². The second-order valence-corrected chi connectivity index (χ2v) is 4.95. The topological polar surface area (TPSA) is 117 Å². The molecule has 1 saturated heterocycles. The molecule has 22 heavy (non-hydrogen) atoms. The standard InChI is InChI=1S/C14H11FN4O3/c15-7-3-1-6(2-4-7)9-8(5-16)11(17)22-13-10(9)12(20)18-14(21)19-13/h1-4,9-10,13H,17H2,(H2,18,19,20,21). The third-order valence-corrected chi connectivity index (χ3v) is 3.68. The number of hydrogen-bond acceptors (Lipinski definition) is 5. The molecule has 4 N–H and O–H groups in total. The lowest BCUT2D eigenvalue weighted by molar-refractivity contribution is -0.132. The summed E-state index contributed by atoms with van der Waals surface area (Å²) in [5.74, 6) is -2.78. The Morgan fingerprint density at radius 2 is 1.95 bits per heavy atom. The number of allylic oxidation sites excluding steroid dienone is 1. The molecular formula is C14H11FN4O3. The predicted molar refractivity (Wildman–Crippen MR) is 71.0 cm³/mol. The third kappa shape index (κ3) is 2.13. The lowest BCUT2D eigenvalue weighted by Gasteiger charge is -2.39. The van der Waals surface area contributed by atoms with E-state index in [1.54, 1.807) is 0 Å². The van der Waals surface area contributed by atoms with E-state index in [2.05, 4.69) is 10.6 Å². The van der Waals surface area contributed by atoms with Crippen LogP contribution in [0, 0.1) is 23.1 Å². The molecule has 2 heterocycles. The van der Waals surface area contributed by atoms with Gasteiger partial charge in [0.1, 0.15) is 17.8 Å². The summed E-state index contributed by atoms with van der Waals surface area (Å²) in [7, 11) is 0. The quantitative estimate of drug-likeness (QED) is 0.694. The number of carbonyl (C=O) groups is 2. The fourth-order valence-electron chi connectivity index (χ4n) is 2.72. The number of nitrogens with two attached hydrogens (primary N) is 1. The Bertz CT molecular complexity index is 723. The zero-order valence-electron chi connectivity index (χ0n) is 11.2. The van der Waals surface area contributed by atoms with E-state index in [-0.39, 0.29) is 11.5 Å². The Morgan fingerprint density at radius 1 is 1.27 bits per heavy atom. The van der Waals surface area contributed by atoms with Crippen LogP contribution in [0.1, 0.15) is 11.5 Å². The molecule has 3 rings (SSSR count). The molecule has 0 aromatic heterocycles. The summed E-state index contributed by atoms with van der Waals surface area (Å²) in [5, 5.41) is 13.9. The van der Waals surface area contributed by atoms with E-state index in [0.29, 0.717) is 5.56 Å². The molecule has 0 saturated carbocycles. The first-order valence-corrected chi connectivity index (χ1v) is 6.44. The molecule has 2 aliphatic rings. The van der Waals surface area contributed by atoms with Crippen LogP contribution in [-0.4, -0.2) is 18.2 Å². The number of amides is 3. The van der Waals surface area contributed by atoms with Crippen LogP contribution in [0.25, 0.3) is 0 Å². The molecule has 7 nitrogen and oxygen atoms in total. The van der Waals surface area contributed by atoms with Crippen LogP contribution in [0.2, 0.25) is 0 Å². The first-order valence-electron chi connectivity index (χ1n) is 6.44. The van der Waals surface area contributed by atoms with Gasteiger partial charge in [-0.2, -0.15) is 5.26 Å². The number of hydrogen-bond donors (Lipinski definition) is 3. The number of carbonyl (C=O) groups excluding carboxylic acids is 2. The Labute approximate surface area is 124 Å². The minimum absolute atomic E-state index is 0.0687. The highest BCUT2D eigenvalue weighted by molar-refractivity contribution is 5.99. The maximum Gasteiger partial charge on any atom is 0.324 e. The Hall–Kier alpha value is -3.08. The third-order valence-electron chi connectivity index (χ3n) is 3.68. The summed E-state index contributed by atoms with van der Waals surface area (Å²) in [5.41, 5.74) is 6.32. The molecule has 8 heteroatoms. The summed E-state index contributed by atoms with van der Waals surface area (Å²) in [6, 6.07) is 6.62. The van der Waals surface area contributed by atoms with Gasteiger partial charge in [-0.05, 0) is 17.7 Å². The van der Waals surface area contributed by atoms with Gasteiger partial charge >= 0.3 is 6.03 Å². The summed E-state index contributed by atoms with van der Waals surface area (Å²) < 4.78 is 18.4. The SMILES string of the molecule is N#CC1=C(N)OC2NC(=O)NC(=O)C2C1c1ccc(F)cc1. The molecule has 0 bridgehead atoms. The van der Waals surface area contributed by atoms with Gasteiger partial charge in [0.25, 0.3) is 0 Å². The number of benzene rings is 1. The van der Waals surface area contributed by atoms with E-state index in [1.807, 2.05) is 6.07 Å². The molecule has 112 valence electrons. The summed E-state index contributed by atoms with van der Waals surface area (Å²) in [6.07, 6.45) is -0.978. The van der Waals surface area contributed by atoms with E-state index in [0.717, 1.165) is 0 Å². The van der Waals surface area contributed by atoms with Crippen molar-refractivity contribution in [3.63, 3.8) is 0 Å². The fourth-order valence-corrected chi connectivity index (χ4v) is 2.72. The van der Waals surface area contributed by atoms with Crippen molar-refractivity contribution in [2.45, 2.75) is 12.1 Å². The number of urea groups is 1. The molecule has 1 fully saturated rings. The molecule has 3 amide bonds. The van der Waals surface area contributed by atoms with Gasteiger partial charge in [-0.3, -0.25) is 10.1 Å². The maximum atomic E-state index is 13.1. The lowest BCUT2D eigenvalue weighted by atomic mass is 9.77. The minimum Gasteiger partial charge on any atom is -0.454 e. The molecule has 0 radical (unpaired) electrons. The van der Waals surface area contributed by atoms with Crippen LogP contribution in [0.3, 0.4) is 0 Å². The van der Waals surface area contributed by atoms with E-state index >= 15 is 0 Å². The fraction of sp³-hybridized carbons (Fsp3) is 0.214. The molecular weight excluding hydrogens is 291 g/mol. The highest BCUT2D eigenvalue weighted by Crippen LogP contribution is 2.40. The van der Waals surface area contributed by atoms with E-state index in [4.69, 9.17) is 10.5 Å². The molecule has 2 aliphatic heterocycles. The van der Waals surface area contributed by atoms with Crippen molar-refractivity contribution in [1.29, 1.82) is 5.26 Å². The number of ether oxygens (including phenoxy) is 1. The second-order valence-electron chi connectivity index (χ2n) is 4.95. The van der Waals surface area contributed by atoms with Gasteiger partial charge in [0.05, 0.1) is 5.57 Å². The average Bonchev–Trinajstić information content (AvgIpc) is 2.46. The molecule has 1 aromatic rings. The summed E-state index contributed by atoms with van der Waals surface area (Å²) in [4.78, 5) is 23.5. The number of fused-ring (bicyclic) bond motifs is 1. The second kappa shape index (κ2) is 5.04. The largest absolute Gasteiger partial charge is 0.454 e. The average molecular weight is 302 g/mol. The van der Waals surface area contributed by atoms with E-state index < -0.39 is 35.8 Å². The first-order chi connectivity index (χ1) is 10.5.